The molecule has 4 nitrogen and oxygen atoms in total. The summed E-state index contributed by atoms with van der Waals surface area (Å²) < 4.78 is 11.3. The van der Waals surface area contributed by atoms with E-state index in [1.165, 1.54) is 0 Å². The van der Waals surface area contributed by atoms with Gasteiger partial charge in [-0.1, -0.05) is 36.4 Å². The van der Waals surface area contributed by atoms with Gasteiger partial charge < -0.3 is 14.8 Å². The van der Waals surface area contributed by atoms with Crippen LogP contribution in [0.4, 0.5) is 0 Å². The minimum absolute atomic E-state index is 0.0548. The van der Waals surface area contributed by atoms with E-state index < -0.39 is 0 Å². The Labute approximate surface area is 136 Å². The lowest BCUT2D eigenvalue weighted by Gasteiger charge is -2.24. The number of carbonyl (C=O) groups is 1. The quantitative estimate of drug-likeness (QED) is 0.835. The van der Waals surface area contributed by atoms with Crippen molar-refractivity contribution in [3.05, 3.63) is 60.2 Å². The van der Waals surface area contributed by atoms with Crippen LogP contribution in [-0.4, -0.2) is 25.7 Å². The Kier molecular flexibility index (Phi) is 5.14. The molecule has 120 valence electrons. The summed E-state index contributed by atoms with van der Waals surface area (Å²) in [4.78, 5) is 12.2. The van der Waals surface area contributed by atoms with Gasteiger partial charge in [-0.15, -0.1) is 0 Å². The highest BCUT2D eigenvalue weighted by atomic mass is 16.5. The first-order chi connectivity index (χ1) is 11.3. The van der Waals surface area contributed by atoms with Gasteiger partial charge in [0.2, 0.25) is 5.91 Å². The summed E-state index contributed by atoms with van der Waals surface area (Å²) in [6.45, 7) is 1.65. The van der Waals surface area contributed by atoms with Crippen LogP contribution < -0.4 is 14.8 Å². The van der Waals surface area contributed by atoms with Gasteiger partial charge in [0.05, 0.1) is 12.5 Å². The Morgan fingerprint density at radius 1 is 1.13 bits per heavy atom. The molecule has 23 heavy (non-hydrogen) atoms. The summed E-state index contributed by atoms with van der Waals surface area (Å²) in [6.07, 6.45) is 1.52. The average Bonchev–Trinajstić information content (AvgIpc) is 2.61. The predicted octanol–water partition coefficient (Wildman–Crippen LogP) is 2.82. The van der Waals surface area contributed by atoms with Gasteiger partial charge in [0.1, 0.15) is 18.1 Å². The number of benzene rings is 2. The molecule has 1 heterocycles. The van der Waals surface area contributed by atoms with E-state index in [1.54, 1.807) is 0 Å². The predicted molar refractivity (Wildman–Crippen MR) is 88.7 cm³/mol. The molecule has 1 aliphatic heterocycles. The van der Waals surface area contributed by atoms with Crippen molar-refractivity contribution in [2.24, 2.45) is 5.92 Å². The molecule has 1 N–H and O–H groups in total. The van der Waals surface area contributed by atoms with Gasteiger partial charge in [-0.2, -0.15) is 0 Å². The Morgan fingerprint density at radius 3 is 2.78 bits per heavy atom. The van der Waals surface area contributed by atoms with Crippen LogP contribution in [-0.2, 0) is 11.2 Å². The zero-order valence-electron chi connectivity index (χ0n) is 13.0. The van der Waals surface area contributed by atoms with Gasteiger partial charge in [-0.3, -0.25) is 4.79 Å². The summed E-state index contributed by atoms with van der Waals surface area (Å²) in [5.74, 6) is 1.70. The van der Waals surface area contributed by atoms with Gasteiger partial charge in [-0.05, 0) is 36.6 Å². The second-order valence-electron chi connectivity index (χ2n) is 5.63. The lowest BCUT2D eigenvalue weighted by molar-refractivity contribution is -0.126. The number of ether oxygens (including phenoxy) is 2. The number of carbonyl (C=O) groups excluding carboxylic acids is 1. The first-order valence-corrected chi connectivity index (χ1v) is 7.99. The molecule has 1 atom stereocenters. The maximum absolute atomic E-state index is 12.2. The van der Waals surface area contributed by atoms with Crippen molar-refractivity contribution in [3.8, 4) is 11.5 Å². The fourth-order valence-corrected chi connectivity index (χ4v) is 2.63. The van der Waals surface area contributed by atoms with Crippen LogP contribution in [0.15, 0.2) is 54.6 Å². The van der Waals surface area contributed by atoms with E-state index in [2.05, 4.69) is 5.32 Å². The van der Waals surface area contributed by atoms with Crippen LogP contribution in [0.2, 0.25) is 0 Å². The molecule has 1 aliphatic rings. The van der Waals surface area contributed by atoms with Gasteiger partial charge in [0.15, 0.2) is 0 Å². The molecule has 0 bridgehead atoms. The molecule has 0 spiro atoms. The lowest BCUT2D eigenvalue weighted by atomic mass is 9.96. The molecular formula is C19H21NO3. The third-order valence-electron chi connectivity index (χ3n) is 3.88. The standard InChI is InChI=1S/C19H21NO3/c21-19(16-13-15-7-4-5-10-18(15)23-14-16)20-11-6-12-22-17-8-2-1-3-9-17/h1-5,7-10,16H,6,11-14H2,(H,20,21). The van der Waals surface area contributed by atoms with Gasteiger partial charge in [0.25, 0.3) is 0 Å². The molecule has 1 unspecified atom stereocenters. The molecule has 0 aromatic heterocycles. The minimum Gasteiger partial charge on any atom is -0.494 e. The zero-order chi connectivity index (χ0) is 15.9. The second-order valence-corrected chi connectivity index (χ2v) is 5.63. The van der Waals surface area contributed by atoms with E-state index in [0.29, 0.717) is 19.8 Å². The highest BCUT2D eigenvalue weighted by Crippen LogP contribution is 2.26. The van der Waals surface area contributed by atoms with E-state index in [9.17, 15) is 4.79 Å². The van der Waals surface area contributed by atoms with Gasteiger partial charge >= 0.3 is 0 Å². The van der Waals surface area contributed by atoms with Crippen molar-refractivity contribution in [2.45, 2.75) is 12.8 Å². The van der Waals surface area contributed by atoms with Crippen molar-refractivity contribution in [3.63, 3.8) is 0 Å². The highest BCUT2D eigenvalue weighted by Gasteiger charge is 2.25. The van der Waals surface area contributed by atoms with Crippen LogP contribution >= 0.6 is 0 Å². The monoisotopic (exact) mass is 311 g/mol. The van der Waals surface area contributed by atoms with E-state index in [0.717, 1.165) is 29.9 Å². The first kappa shape index (κ1) is 15.4. The number of hydrogen-bond acceptors (Lipinski definition) is 3. The van der Waals surface area contributed by atoms with Crippen molar-refractivity contribution < 1.29 is 14.3 Å². The number of hydrogen-bond donors (Lipinski definition) is 1. The molecule has 2 aromatic rings. The van der Waals surface area contributed by atoms with Crippen LogP contribution in [0, 0.1) is 5.92 Å². The number of amides is 1. The maximum atomic E-state index is 12.2. The van der Waals surface area contributed by atoms with E-state index in [1.807, 2.05) is 54.6 Å². The fraction of sp³-hybridized carbons (Fsp3) is 0.316. The summed E-state index contributed by atoms with van der Waals surface area (Å²) in [5.41, 5.74) is 1.10. The van der Waals surface area contributed by atoms with E-state index in [4.69, 9.17) is 9.47 Å². The van der Waals surface area contributed by atoms with Crippen LogP contribution in [0.3, 0.4) is 0 Å². The van der Waals surface area contributed by atoms with Gasteiger partial charge in [-0.25, -0.2) is 0 Å². The fourth-order valence-electron chi connectivity index (χ4n) is 2.63. The maximum Gasteiger partial charge on any atom is 0.226 e. The summed E-state index contributed by atoms with van der Waals surface area (Å²) in [6, 6.07) is 17.6. The van der Waals surface area contributed by atoms with Crippen LogP contribution in [0.5, 0.6) is 11.5 Å². The summed E-state index contributed by atoms with van der Waals surface area (Å²) >= 11 is 0. The summed E-state index contributed by atoms with van der Waals surface area (Å²) in [7, 11) is 0. The molecule has 1 amide bonds. The van der Waals surface area contributed by atoms with Crippen molar-refractivity contribution in [1.82, 2.24) is 5.32 Å². The molecule has 2 aromatic carbocycles. The Morgan fingerprint density at radius 2 is 1.91 bits per heavy atom. The molecule has 3 rings (SSSR count). The minimum atomic E-state index is -0.111. The zero-order valence-corrected chi connectivity index (χ0v) is 13.0. The highest BCUT2D eigenvalue weighted by molar-refractivity contribution is 5.79. The van der Waals surface area contributed by atoms with Crippen LogP contribution in [0.25, 0.3) is 0 Å². The third-order valence-corrected chi connectivity index (χ3v) is 3.88. The Bertz CT molecular complexity index is 642. The first-order valence-electron chi connectivity index (χ1n) is 7.99. The second kappa shape index (κ2) is 7.68. The van der Waals surface area contributed by atoms with Crippen molar-refractivity contribution in [1.29, 1.82) is 0 Å². The largest absolute Gasteiger partial charge is 0.494 e. The van der Waals surface area contributed by atoms with Crippen molar-refractivity contribution >= 4 is 5.91 Å². The molecule has 0 saturated carbocycles. The van der Waals surface area contributed by atoms with Gasteiger partial charge in [0, 0.05) is 6.54 Å². The number of para-hydroxylation sites is 2. The lowest BCUT2D eigenvalue weighted by Crippen LogP contribution is -2.38. The molecule has 4 heteroatoms. The molecule has 0 radical (unpaired) electrons. The molecule has 0 aliphatic carbocycles. The smallest absolute Gasteiger partial charge is 0.226 e. The summed E-state index contributed by atoms with van der Waals surface area (Å²) in [5, 5.41) is 2.97. The topological polar surface area (TPSA) is 47.6 Å². The molecule has 0 saturated heterocycles. The SMILES string of the molecule is O=C(NCCCOc1ccccc1)C1COc2ccccc2C1. The normalized spacial score (nSPS) is 16.1. The van der Waals surface area contributed by atoms with Crippen molar-refractivity contribution in [2.75, 3.05) is 19.8 Å². The van der Waals surface area contributed by atoms with Crippen LogP contribution in [0.1, 0.15) is 12.0 Å². The average molecular weight is 311 g/mol. The van der Waals surface area contributed by atoms with E-state index >= 15 is 0 Å². The molecular weight excluding hydrogens is 290 g/mol. The Balaban J connectivity index is 1.37. The number of rotatable bonds is 6. The number of fused-ring (bicyclic) bond motifs is 1. The Hall–Kier alpha value is -2.49. The molecule has 0 fully saturated rings. The number of nitrogens with one attached hydrogen (secondary N) is 1. The van der Waals surface area contributed by atoms with E-state index in [-0.39, 0.29) is 11.8 Å². The third kappa shape index (κ3) is 4.25.